The number of carbonyl (C=O) groups is 2. The minimum Gasteiger partial charge on any atom is -0.484 e. The molecule has 226 valence electrons. The van der Waals surface area contributed by atoms with E-state index in [1.807, 2.05) is 36.4 Å². The molecule has 0 radical (unpaired) electrons. The van der Waals surface area contributed by atoms with E-state index < -0.39 is 12.8 Å². The van der Waals surface area contributed by atoms with Crippen LogP contribution in [0.3, 0.4) is 0 Å². The highest BCUT2D eigenvalue weighted by Gasteiger charge is 2.28. The maximum Gasteiger partial charge on any atom is 0.422 e. The van der Waals surface area contributed by atoms with Gasteiger partial charge in [-0.15, -0.1) is 10.2 Å². The minimum atomic E-state index is -4.35. The van der Waals surface area contributed by atoms with Crippen molar-refractivity contribution >= 4 is 28.7 Å². The molecule has 1 aromatic heterocycles. The molecule has 1 amide bonds. The molecule has 2 aromatic carbocycles. The van der Waals surface area contributed by atoms with E-state index in [1.165, 1.54) is 23.5 Å². The zero-order valence-electron chi connectivity index (χ0n) is 23.2. The first-order valence-corrected chi connectivity index (χ1v) is 13.9. The fourth-order valence-corrected chi connectivity index (χ4v) is 4.14. The Balaban J connectivity index is 0.000000347. The molecule has 0 unspecified atom stereocenters. The Morgan fingerprint density at radius 2 is 1.76 bits per heavy atom. The zero-order valence-corrected chi connectivity index (χ0v) is 24.0. The fourth-order valence-electron chi connectivity index (χ4n) is 3.34. The quantitative estimate of drug-likeness (QED) is 0.118. The largest absolute Gasteiger partial charge is 0.484 e. The number of hydrogen-bond donors (Lipinski definition) is 4. The summed E-state index contributed by atoms with van der Waals surface area (Å²) in [5, 5.41) is 15.3. The number of halogens is 3. The lowest BCUT2D eigenvalue weighted by Crippen LogP contribution is -2.19. The number of amides is 1. The van der Waals surface area contributed by atoms with Gasteiger partial charge in [0.25, 0.3) is 0 Å². The molecule has 0 aliphatic rings. The van der Waals surface area contributed by atoms with Crippen LogP contribution >= 0.6 is 11.3 Å². The van der Waals surface area contributed by atoms with Gasteiger partial charge in [-0.3, -0.25) is 4.79 Å². The number of nitrogens with zero attached hydrogens (tertiary/aromatic N) is 2. The third-order valence-corrected chi connectivity index (χ3v) is 6.31. The Labute approximate surface area is 246 Å². The summed E-state index contributed by atoms with van der Waals surface area (Å²) in [7, 11) is 1.76. The molecule has 3 rings (SSSR count). The predicted molar refractivity (Wildman–Crippen MR) is 158 cm³/mol. The van der Waals surface area contributed by atoms with Gasteiger partial charge in [-0.2, -0.15) is 13.2 Å². The van der Waals surface area contributed by atoms with Gasteiger partial charge in [0.2, 0.25) is 11.0 Å². The van der Waals surface area contributed by atoms with Crippen molar-refractivity contribution in [1.29, 1.82) is 0 Å². The van der Waals surface area contributed by atoms with Gasteiger partial charge < -0.3 is 31.6 Å². The molecule has 0 fully saturated rings. The molecule has 0 spiro atoms. The van der Waals surface area contributed by atoms with Crippen molar-refractivity contribution in [2.45, 2.75) is 44.7 Å². The van der Waals surface area contributed by atoms with Crippen LogP contribution in [0.25, 0.3) is 0 Å². The number of rotatable bonds is 14. The SMILES string of the molecule is CN/C(N)=C/C=C(\N)CCCCc1nnc(NC(=O)Cc2ccccc2)s1.O=CCc1cccc(OCC(F)(F)F)c1. The second-order valence-corrected chi connectivity index (χ2v) is 10.0. The average Bonchev–Trinajstić information content (AvgIpc) is 3.40. The second-order valence-electron chi connectivity index (χ2n) is 8.95. The van der Waals surface area contributed by atoms with Crippen LogP contribution in [0.4, 0.5) is 18.3 Å². The number of ether oxygens (including phenoxy) is 1. The Morgan fingerprint density at radius 1 is 1.02 bits per heavy atom. The Hall–Kier alpha value is -4.39. The molecule has 0 aliphatic carbocycles. The summed E-state index contributed by atoms with van der Waals surface area (Å²) in [6, 6.07) is 15.6. The fraction of sp³-hybridized carbons (Fsp3) is 0.310. The van der Waals surface area contributed by atoms with E-state index in [-0.39, 0.29) is 18.1 Å². The number of hydrogen-bond acceptors (Lipinski definition) is 9. The van der Waals surface area contributed by atoms with Gasteiger partial charge in [0.15, 0.2) is 6.61 Å². The van der Waals surface area contributed by atoms with Crippen molar-refractivity contribution in [3.05, 3.63) is 94.4 Å². The molecule has 0 saturated carbocycles. The lowest BCUT2D eigenvalue weighted by atomic mass is 10.1. The number of aromatic nitrogens is 2. The first-order valence-electron chi connectivity index (χ1n) is 13.1. The van der Waals surface area contributed by atoms with Crippen molar-refractivity contribution in [2.24, 2.45) is 11.5 Å². The van der Waals surface area contributed by atoms with Crippen LogP contribution in [0, 0.1) is 0 Å². The van der Waals surface area contributed by atoms with Gasteiger partial charge in [0.1, 0.15) is 17.0 Å². The first-order chi connectivity index (χ1) is 20.1. The van der Waals surface area contributed by atoms with E-state index in [2.05, 4.69) is 25.6 Å². The number of aldehydes is 1. The van der Waals surface area contributed by atoms with E-state index in [9.17, 15) is 22.8 Å². The van der Waals surface area contributed by atoms with Crippen molar-refractivity contribution in [3.63, 3.8) is 0 Å². The molecule has 9 nitrogen and oxygen atoms in total. The van der Waals surface area contributed by atoms with Gasteiger partial charge in [-0.1, -0.05) is 53.8 Å². The van der Waals surface area contributed by atoms with Crippen molar-refractivity contribution in [2.75, 3.05) is 19.0 Å². The highest BCUT2D eigenvalue weighted by molar-refractivity contribution is 7.15. The van der Waals surface area contributed by atoms with E-state index in [1.54, 1.807) is 25.3 Å². The number of nitrogens with two attached hydrogens (primary N) is 2. The first kappa shape index (κ1) is 33.8. The van der Waals surface area contributed by atoms with Gasteiger partial charge >= 0.3 is 6.18 Å². The number of benzene rings is 2. The van der Waals surface area contributed by atoms with Crippen molar-refractivity contribution in [1.82, 2.24) is 15.5 Å². The maximum atomic E-state index is 12.0. The molecule has 42 heavy (non-hydrogen) atoms. The zero-order chi connectivity index (χ0) is 30.8. The molecule has 6 N–H and O–H groups in total. The van der Waals surface area contributed by atoms with E-state index >= 15 is 0 Å². The molecular formula is C29H35F3N6O3S. The third-order valence-electron chi connectivity index (χ3n) is 5.41. The smallest absolute Gasteiger partial charge is 0.422 e. The molecule has 0 saturated heterocycles. The van der Waals surface area contributed by atoms with Crippen LogP contribution in [-0.4, -0.2) is 42.2 Å². The number of anilines is 1. The predicted octanol–water partition coefficient (Wildman–Crippen LogP) is 4.66. The van der Waals surface area contributed by atoms with E-state index in [0.717, 1.165) is 42.0 Å². The summed E-state index contributed by atoms with van der Waals surface area (Å²) in [5.41, 5.74) is 14.0. The van der Waals surface area contributed by atoms with Crippen LogP contribution < -0.4 is 26.8 Å². The highest BCUT2D eigenvalue weighted by Crippen LogP contribution is 2.20. The summed E-state index contributed by atoms with van der Waals surface area (Å²) >= 11 is 1.41. The van der Waals surface area contributed by atoms with Crippen molar-refractivity contribution < 1.29 is 27.5 Å². The number of unbranched alkanes of at least 4 members (excludes halogenated alkanes) is 1. The maximum absolute atomic E-state index is 12.0. The Kier molecular flexibility index (Phi) is 14.6. The van der Waals surface area contributed by atoms with Gasteiger partial charge in [-0.05, 0) is 54.7 Å². The second kappa shape index (κ2) is 18.1. The monoisotopic (exact) mass is 604 g/mol. The Morgan fingerprint density at radius 3 is 2.45 bits per heavy atom. The summed E-state index contributed by atoms with van der Waals surface area (Å²) in [5.74, 6) is 0.607. The van der Waals surface area contributed by atoms with Gasteiger partial charge in [0.05, 0.1) is 12.2 Å². The highest BCUT2D eigenvalue weighted by atomic mass is 32.1. The Bertz CT molecular complexity index is 1310. The number of allylic oxidation sites excluding steroid dienone is 3. The third kappa shape index (κ3) is 14.8. The standard InChI is InChI=1S/C19H26N6OS.C10H9F3O2/c1-22-16(21)12-11-15(20)9-5-6-10-18-24-25-19(27-18)23-17(26)13-14-7-3-2-4-8-14;11-10(12,13)7-15-9-3-1-2-8(6-9)4-5-14/h2-4,7-8,11-12,22H,5-6,9-10,13,20-21H2,1H3,(H,23,25,26);1-3,5-6H,4,7H2/b15-11-,16-12+;. The normalized spacial score (nSPS) is 11.7. The summed E-state index contributed by atoms with van der Waals surface area (Å²) in [6.07, 6.45) is 3.92. The summed E-state index contributed by atoms with van der Waals surface area (Å²) < 4.78 is 39.9. The molecule has 1 heterocycles. The van der Waals surface area contributed by atoms with Gasteiger partial charge in [0, 0.05) is 25.6 Å². The summed E-state index contributed by atoms with van der Waals surface area (Å²) in [6.45, 7) is -1.32. The molecule has 0 bridgehead atoms. The average molecular weight is 605 g/mol. The molecule has 0 atom stereocenters. The van der Waals surface area contributed by atoms with E-state index in [0.29, 0.717) is 29.2 Å². The van der Waals surface area contributed by atoms with E-state index in [4.69, 9.17) is 11.5 Å². The molecular weight excluding hydrogens is 569 g/mol. The summed E-state index contributed by atoms with van der Waals surface area (Å²) in [4.78, 5) is 22.2. The van der Waals surface area contributed by atoms with Crippen LogP contribution in [0.1, 0.15) is 35.4 Å². The number of alkyl halides is 3. The van der Waals surface area contributed by atoms with Crippen LogP contribution in [0.5, 0.6) is 5.75 Å². The van der Waals surface area contributed by atoms with Crippen LogP contribution in [0.2, 0.25) is 0 Å². The molecule has 13 heteroatoms. The lowest BCUT2D eigenvalue weighted by Gasteiger charge is -2.09. The number of aryl methyl sites for hydroxylation is 1. The number of carbonyl (C=O) groups excluding carboxylic acids is 2. The van der Waals surface area contributed by atoms with Gasteiger partial charge in [-0.25, -0.2) is 0 Å². The van der Waals surface area contributed by atoms with Crippen LogP contribution in [0.15, 0.2) is 78.3 Å². The van der Waals surface area contributed by atoms with Crippen molar-refractivity contribution in [3.8, 4) is 5.75 Å². The minimum absolute atomic E-state index is 0.0873. The number of nitrogens with one attached hydrogen (secondary N) is 2. The molecule has 0 aliphatic heterocycles. The lowest BCUT2D eigenvalue weighted by molar-refractivity contribution is -0.153. The molecule has 3 aromatic rings. The topological polar surface area (TPSA) is 145 Å². The van der Waals surface area contributed by atoms with Crippen LogP contribution in [-0.2, 0) is 28.9 Å².